The van der Waals surface area contributed by atoms with E-state index in [1.54, 1.807) is 0 Å². The second kappa shape index (κ2) is 5.44. The highest BCUT2D eigenvalue weighted by Gasteiger charge is 2.47. The molecule has 0 saturated carbocycles. The maximum Gasteiger partial charge on any atom is 0.251 e. The molecule has 1 amide bonds. The minimum absolute atomic E-state index is 0.0225. The minimum atomic E-state index is -2.92. The first kappa shape index (κ1) is 14.8. The molecule has 7 heteroatoms. The van der Waals surface area contributed by atoms with Crippen molar-refractivity contribution in [3.8, 4) is 0 Å². The van der Waals surface area contributed by atoms with E-state index in [0.29, 0.717) is 5.17 Å². The number of carbonyl (C=O) groups is 1. The molecule has 0 unspecified atom stereocenters. The summed E-state index contributed by atoms with van der Waals surface area (Å²) in [6.45, 7) is 3.97. The number of amides is 1. The van der Waals surface area contributed by atoms with Crippen molar-refractivity contribution in [1.82, 2.24) is 4.90 Å². The number of aliphatic imine (C=N–C) groups is 1. The highest BCUT2D eigenvalue weighted by Crippen LogP contribution is 2.37. The van der Waals surface area contributed by atoms with E-state index >= 15 is 0 Å². The molecule has 108 valence electrons. The third-order valence-electron chi connectivity index (χ3n) is 3.87. The smallest absolute Gasteiger partial charge is 0.251 e. The first-order chi connectivity index (χ1) is 8.88. The molecular weight excluding hydrogens is 284 g/mol. The third-order valence-corrected chi connectivity index (χ3v) is 7.17. The average Bonchev–Trinajstić information content (AvgIpc) is 2.76. The van der Waals surface area contributed by atoms with Crippen LogP contribution in [0.15, 0.2) is 4.99 Å². The molecule has 2 rings (SSSR count). The molecule has 0 spiro atoms. The fraction of sp³-hybridized carbons (Fsp3) is 0.833. The zero-order valence-electron chi connectivity index (χ0n) is 11.5. The first-order valence-corrected chi connectivity index (χ1v) is 9.30. The molecule has 0 radical (unpaired) electrons. The summed E-state index contributed by atoms with van der Waals surface area (Å²) < 4.78 is 23.1. The van der Waals surface area contributed by atoms with Gasteiger partial charge < -0.3 is 4.90 Å². The number of rotatable bonds is 3. The van der Waals surface area contributed by atoms with Crippen LogP contribution in [0.25, 0.3) is 0 Å². The minimum Gasteiger partial charge on any atom is -0.349 e. The Hall–Kier alpha value is -0.560. The number of carbonyl (C=O) groups excluding carboxylic acids is 1. The normalized spacial score (nSPS) is 31.2. The molecule has 2 fully saturated rings. The van der Waals surface area contributed by atoms with Gasteiger partial charge in [0.15, 0.2) is 15.0 Å². The maximum absolute atomic E-state index is 12.0. The molecule has 0 aromatic carbocycles. The van der Waals surface area contributed by atoms with E-state index in [0.717, 1.165) is 12.8 Å². The zero-order valence-corrected chi connectivity index (χ0v) is 13.1. The second-order valence-electron chi connectivity index (χ2n) is 5.16. The van der Waals surface area contributed by atoms with E-state index in [1.807, 2.05) is 25.8 Å². The van der Waals surface area contributed by atoms with Gasteiger partial charge in [0.25, 0.3) is 5.91 Å². The third kappa shape index (κ3) is 2.97. The first-order valence-electron chi connectivity index (χ1n) is 6.60. The standard InChI is InChI=1S/C12H20N2O3S2/c1-4-8(5-2)11(15)13-12-14(3)9-6-19(16,17)7-10(9)18-12/h8-10H,4-7H2,1-3H3/t9-,10+/m1/s1. The van der Waals surface area contributed by atoms with Crippen LogP contribution in [0.5, 0.6) is 0 Å². The van der Waals surface area contributed by atoms with E-state index in [1.165, 1.54) is 11.8 Å². The van der Waals surface area contributed by atoms with Crippen molar-refractivity contribution < 1.29 is 13.2 Å². The maximum atomic E-state index is 12.0. The molecule has 2 aliphatic rings. The molecule has 2 heterocycles. The van der Waals surface area contributed by atoms with Crippen LogP contribution < -0.4 is 0 Å². The Morgan fingerprint density at radius 1 is 1.42 bits per heavy atom. The van der Waals surface area contributed by atoms with E-state index in [2.05, 4.69) is 4.99 Å². The van der Waals surface area contributed by atoms with Crippen LogP contribution in [-0.4, -0.2) is 54.2 Å². The van der Waals surface area contributed by atoms with Crippen LogP contribution in [-0.2, 0) is 14.6 Å². The molecule has 19 heavy (non-hydrogen) atoms. The molecule has 0 aromatic heterocycles. The summed E-state index contributed by atoms with van der Waals surface area (Å²) in [5, 5.41) is 0.713. The lowest BCUT2D eigenvalue weighted by atomic mass is 10.0. The van der Waals surface area contributed by atoms with Crippen molar-refractivity contribution in [2.45, 2.75) is 38.0 Å². The van der Waals surface area contributed by atoms with Gasteiger partial charge in [-0.1, -0.05) is 25.6 Å². The zero-order chi connectivity index (χ0) is 14.2. The van der Waals surface area contributed by atoms with Crippen molar-refractivity contribution in [2.75, 3.05) is 18.6 Å². The van der Waals surface area contributed by atoms with Crippen LogP contribution in [0.3, 0.4) is 0 Å². The Balaban J connectivity index is 2.11. The monoisotopic (exact) mass is 304 g/mol. The highest BCUT2D eigenvalue weighted by atomic mass is 32.2. The molecule has 2 saturated heterocycles. The predicted molar refractivity (Wildman–Crippen MR) is 78.1 cm³/mol. The Morgan fingerprint density at radius 3 is 2.58 bits per heavy atom. The largest absolute Gasteiger partial charge is 0.349 e. The van der Waals surface area contributed by atoms with Gasteiger partial charge in [-0.25, -0.2) is 8.42 Å². The lowest BCUT2D eigenvalue weighted by Gasteiger charge is -2.18. The summed E-state index contributed by atoms with van der Waals surface area (Å²) >= 11 is 1.43. The molecule has 2 aliphatic heterocycles. The Bertz CT molecular complexity index is 497. The highest BCUT2D eigenvalue weighted by molar-refractivity contribution is 8.15. The topological polar surface area (TPSA) is 66.8 Å². The molecule has 0 aliphatic carbocycles. The van der Waals surface area contributed by atoms with Gasteiger partial charge in [-0.2, -0.15) is 4.99 Å². The Kier molecular flexibility index (Phi) is 4.25. The van der Waals surface area contributed by atoms with Gasteiger partial charge in [0.05, 0.1) is 17.5 Å². The second-order valence-corrected chi connectivity index (χ2v) is 8.52. The average molecular weight is 304 g/mol. The molecular formula is C12H20N2O3S2. The number of sulfone groups is 1. The summed E-state index contributed by atoms with van der Waals surface area (Å²) in [5.41, 5.74) is 0. The summed E-state index contributed by atoms with van der Waals surface area (Å²) in [5.74, 6) is 0.275. The number of fused-ring (bicyclic) bond motifs is 1. The van der Waals surface area contributed by atoms with Gasteiger partial charge in [-0.15, -0.1) is 0 Å². The van der Waals surface area contributed by atoms with Gasteiger partial charge in [0.1, 0.15) is 0 Å². The summed E-state index contributed by atoms with van der Waals surface area (Å²) in [4.78, 5) is 18.1. The lowest BCUT2D eigenvalue weighted by Crippen LogP contribution is -2.34. The van der Waals surface area contributed by atoms with Gasteiger partial charge in [-0.3, -0.25) is 4.79 Å². The Labute approximate surface area is 118 Å². The van der Waals surface area contributed by atoms with Crippen LogP contribution in [0.2, 0.25) is 0 Å². The van der Waals surface area contributed by atoms with E-state index in [-0.39, 0.29) is 34.6 Å². The number of hydrogen-bond acceptors (Lipinski definition) is 4. The lowest BCUT2D eigenvalue weighted by molar-refractivity contribution is -0.121. The van der Waals surface area contributed by atoms with Gasteiger partial charge in [0, 0.05) is 18.2 Å². The molecule has 2 atom stereocenters. The molecule has 5 nitrogen and oxygen atoms in total. The van der Waals surface area contributed by atoms with Crippen molar-refractivity contribution in [3.63, 3.8) is 0 Å². The SMILES string of the molecule is CCC(CC)C(=O)N=C1S[C@H]2CS(=O)(=O)C[C@H]2N1C. The number of nitrogens with zero attached hydrogens (tertiary/aromatic N) is 2. The van der Waals surface area contributed by atoms with Gasteiger partial charge in [0.2, 0.25) is 0 Å². The number of thioether (sulfide) groups is 1. The van der Waals surface area contributed by atoms with Crippen molar-refractivity contribution in [2.24, 2.45) is 10.9 Å². The predicted octanol–water partition coefficient (Wildman–Crippen LogP) is 1.15. The van der Waals surface area contributed by atoms with E-state index < -0.39 is 9.84 Å². The molecule has 0 N–H and O–H groups in total. The fourth-order valence-corrected chi connectivity index (χ4v) is 6.56. The van der Waals surface area contributed by atoms with Crippen molar-refractivity contribution >= 4 is 32.7 Å². The fourth-order valence-electron chi connectivity index (χ4n) is 2.56. The van der Waals surface area contributed by atoms with Crippen LogP contribution in [0.1, 0.15) is 26.7 Å². The van der Waals surface area contributed by atoms with Crippen LogP contribution >= 0.6 is 11.8 Å². The van der Waals surface area contributed by atoms with E-state index in [4.69, 9.17) is 0 Å². The van der Waals surface area contributed by atoms with Gasteiger partial charge >= 0.3 is 0 Å². The van der Waals surface area contributed by atoms with Crippen LogP contribution in [0.4, 0.5) is 0 Å². The molecule has 0 aromatic rings. The number of amidine groups is 1. The summed E-state index contributed by atoms with van der Waals surface area (Å²) in [6.07, 6.45) is 1.59. The van der Waals surface area contributed by atoms with Crippen molar-refractivity contribution in [3.05, 3.63) is 0 Å². The quantitative estimate of drug-likeness (QED) is 0.782. The number of hydrogen-bond donors (Lipinski definition) is 0. The van der Waals surface area contributed by atoms with E-state index in [9.17, 15) is 13.2 Å². The van der Waals surface area contributed by atoms with Gasteiger partial charge in [-0.05, 0) is 12.8 Å². The summed E-state index contributed by atoms with van der Waals surface area (Å²) in [6, 6.07) is -0.0248. The van der Waals surface area contributed by atoms with Crippen molar-refractivity contribution in [1.29, 1.82) is 0 Å². The van der Waals surface area contributed by atoms with Crippen LogP contribution in [0, 0.1) is 5.92 Å². The summed E-state index contributed by atoms with van der Waals surface area (Å²) in [7, 11) is -1.09. The molecule has 0 bridgehead atoms. The Morgan fingerprint density at radius 2 is 2.05 bits per heavy atom.